The van der Waals surface area contributed by atoms with Crippen molar-refractivity contribution in [2.24, 2.45) is 0 Å². The lowest BCUT2D eigenvalue weighted by molar-refractivity contribution is -0.136. The molecule has 1 spiro atoms. The fraction of sp³-hybridized carbons (Fsp3) is 0.652. The van der Waals surface area contributed by atoms with Gasteiger partial charge in [0.05, 0.1) is 13.7 Å². The van der Waals surface area contributed by atoms with Crippen molar-refractivity contribution in [1.82, 2.24) is 14.7 Å². The second-order valence-corrected chi connectivity index (χ2v) is 9.30. The molecule has 0 unspecified atom stereocenters. The zero-order valence-electron chi connectivity index (χ0n) is 19.1. The van der Waals surface area contributed by atoms with E-state index in [1.165, 1.54) is 4.90 Å². The van der Waals surface area contributed by atoms with Gasteiger partial charge in [0.15, 0.2) is 0 Å². The van der Waals surface area contributed by atoms with Gasteiger partial charge < -0.3 is 14.4 Å². The number of carbonyl (C=O) groups excluding carboxylic acids is 2. The number of rotatable bonds is 10. The van der Waals surface area contributed by atoms with Crippen molar-refractivity contribution in [2.75, 3.05) is 52.5 Å². The Morgan fingerprint density at radius 1 is 1.13 bits per heavy atom. The Labute approximate surface area is 190 Å². The number of piperidine rings is 1. The van der Waals surface area contributed by atoms with E-state index >= 15 is 0 Å². The highest BCUT2D eigenvalue weighted by Crippen LogP contribution is 2.38. The van der Waals surface area contributed by atoms with Crippen LogP contribution in [0.25, 0.3) is 0 Å². The van der Waals surface area contributed by atoms with Gasteiger partial charge in [-0.2, -0.15) is 11.8 Å². The van der Waals surface area contributed by atoms with Crippen LogP contribution in [0.1, 0.15) is 31.7 Å². The van der Waals surface area contributed by atoms with Crippen molar-refractivity contribution in [1.29, 1.82) is 0 Å². The minimum absolute atomic E-state index is 0.0529. The topological polar surface area (TPSA) is 62.3 Å². The van der Waals surface area contributed by atoms with Gasteiger partial charge >= 0.3 is 6.03 Å². The Balaban J connectivity index is 1.78. The van der Waals surface area contributed by atoms with Gasteiger partial charge in [0, 0.05) is 45.1 Å². The predicted molar refractivity (Wildman–Crippen MR) is 124 cm³/mol. The molecule has 8 heteroatoms. The molecule has 2 fully saturated rings. The summed E-state index contributed by atoms with van der Waals surface area (Å²) in [5.41, 5.74) is 0.190. The van der Waals surface area contributed by atoms with E-state index in [1.54, 1.807) is 14.2 Å². The van der Waals surface area contributed by atoms with Gasteiger partial charge in [-0.3, -0.25) is 14.6 Å². The molecule has 1 aromatic rings. The lowest BCUT2D eigenvalue weighted by Gasteiger charge is -2.44. The molecule has 3 rings (SSSR count). The van der Waals surface area contributed by atoms with Crippen LogP contribution < -0.4 is 4.74 Å². The SMILES string of the molecule is COCCCN1C(=O)N(Cc2ccc(OC)cc2)C(=O)C12CCN([C@H](C)CSC)CC2. The molecule has 7 nitrogen and oxygen atoms in total. The minimum atomic E-state index is -0.729. The Kier molecular flexibility index (Phi) is 8.24. The van der Waals surface area contributed by atoms with Gasteiger partial charge in [-0.05, 0) is 50.1 Å². The molecule has 1 atom stereocenters. The molecule has 3 amide bonds. The number of likely N-dealkylation sites (tertiary alicyclic amines) is 1. The van der Waals surface area contributed by atoms with Crippen molar-refractivity contribution >= 4 is 23.7 Å². The number of imide groups is 1. The zero-order valence-corrected chi connectivity index (χ0v) is 20.0. The van der Waals surface area contributed by atoms with Crippen LogP contribution in [0.3, 0.4) is 0 Å². The Morgan fingerprint density at radius 3 is 2.39 bits per heavy atom. The number of thioether (sulfide) groups is 1. The number of amides is 3. The van der Waals surface area contributed by atoms with Crippen LogP contribution in [-0.4, -0.2) is 90.7 Å². The molecule has 0 saturated carbocycles. The molecule has 2 saturated heterocycles. The maximum Gasteiger partial charge on any atom is 0.327 e. The van der Waals surface area contributed by atoms with Crippen LogP contribution >= 0.6 is 11.8 Å². The Hall–Kier alpha value is -1.77. The van der Waals surface area contributed by atoms with Crippen LogP contribution in [0.5, 0.6) is 5.75 Å². The van der Waals surface area contributed by atoms with E-state index in [9.17, 15) is 9.59 Å². The largest absolute Gasteiger partial charge is 0.497 e. The highest BCUT2D eigenvalue weighted by molar-refractivity contribution is 7.98. The first-order valence-corrected chi connectivity index (χ1v) is 12.3. The summed E-state index contributed by atoms with van der Waals surface area (Å²) < 4.78 is 10.4. The number of urea groups is 1. The van der Waals surface area contributed by atoms with E-state index < -0.39 is 5.54 Å². The maximum atomic E-state index is 13.7. The molecule has 2 aliphatic heterocycles. The van der Waals surface area contributed by atoms with E-state index in [4.69, 9.17) is 9.47 Å². The predicted octanol–water partition coefficient (Wildman–Crippen LogP) is 3.08. The van der Waals surface area contributed by atoms with E-state index in [0.717, 1.165) is 36.6 Å². The summed E-state index contributed by atoms with van der Waals surface area (Å²) >= 11 is 1.84. The molecule has 1 aromatic carbocycles. The summed E-state index contributed by atoms with van der Waals surface area (Å²) in [5.74, 6) is 1.77. The summed E-state index contributed by atoms with van der Waals surface area (Å²) in [6.07, 6.45) is 4.21. The fourth-order valence-corrected chi connectivity index (χ4v) is 5.37. The van der Waals surface area contributed by atoms with Gasteiger partial charge in [0.1, 0.15) is 11.3 Å². The van der Waals surface area contributed by atoms with E-state index in [-0.39, 0.29) is 18.5 Å². The number of benzene rings is 1. The average Bonchev–Trinajstić information content (AvgIpc) is 2.97. The van der Waals surface area contributed by atoms with Crippen molar-refractivity contribution in [2.45, 2.75) is 44.3 Å². The van der Waals surface area contributed by atoms with Gasteiger partial charge in [-0.25, -0.2) is 4.79 Å². The first kappa shape index (κ1) is 23.9. The van der Waals surface area contributed by atoms with Gasteiger partial charge in [0.25, 0.3) is 5.91 Å². The van der Waals surface area contributed by atoms with Crippen molar-refractivity contribution in [3.63, 3.8) is 0 Å². The van der Waals surface area contributed by atoms with Crippen LogP contribution in [-0.2, 0) is 16.1 Å². The number of nitrogens with zero attached hydrogens (tertiary/aromatic N) is 3. The second kappa shape index (κ2) is 10.7. The molecule has 0 radical (unpaired) electrons. The summed E-state index contributed by atoms with van der Waals surface area (Å²) in [5, 5.41) is 0. The smallest absolute Gasteiger partial charge is 0.327 e. The van der Waals surface area contributed by atoms with Crippen molar-refractivity contribution < 1.29 is 19.1 Å². The molecule has 172 valence electrons. The normalized spacial score (nSPS) is 20.0. The summed E-state index contributed by atoms with van der Waals surface area (Å²) in [4.78, 5) is 32.7. The summed E-state index contributed by atoms with van der Waals surface area (Å²) in [6, 6.07) is 7.83. The first-order valence-electron chi connectivity index (χ1n) is 10.9. The lowest BCUT2D eigenvalue weighted by Crippen LogP contribution is -2.58. The molecule has 0 aromatic heterocycles. The number of hydrogen-bond donors (Lipinski definition) is 0. The third kappa shape index (κ3) is 5.02. The first-order chi connectivity index (χ1) is 15.0. The van der Waals surface area contributed by atoms with E-state index in [0.29, 0.717) is 32.0 Å². The van der Waals surface area contributed by atoms with Crippen molar-refractivity contribution in [3.05, 3.63) is 29.8 Å². The quantitative estimate of drug-likeness (QED) is 0.404. The van der Waals surface area contributed by atoms with Crippen LogP contribution in [0.2, 0.25) is 0 Å². The second-order valence-electron chi connectivity index (χ2n) is 8.39. The number of carbonyl (C=O) groups is 2. The summed E-state index contributed by atoms with van der Waals surface area (Å²) in [6.45, 7) is 5.30. The Morgan fingerprint density at radius 2 is 1.81 bits per heavy atom. The van der Waals surface area contributed by atoms with Crippen LogP contribution in [0.15, 0.2) is 24.3 Å². The number of hydrogen-bond acceptors (Lipinski definition) is 6. The average molecular weight is 450 g/mol. The molecular formula is C23H35N3O4S. The molecule has 0 bridgehead atoms. The van der Waals surface area contributed by atoms with Crippen LogP contribution in [0.4, 0.5) is 4.79 Å². The van der Waals surface area contributed by atoms with E-state index in [2.05, 4.69) is 18.1 Å². The molecule has 0 aliphatic carbocycles. The van der Waals surface area contributed by atoms with Crippen molar-refractivity contribution in [3.8, 4) is 5.75 Å². The highest BCUT2D eigenvalue weighted by Gasteiger charge is 2.57. The fourth-order valence-electron chi connectivity index (χ4n) is 4.68. The number of methoxy groups -OCH3 is 2. The van der Waals surface area contributed by atoms with Gasteiger partial charge in [-0.15, -0.1) is 0 Å². The Bertz CT molecular complexity index is 750. The summed E-state index contributed by atoms with van der Waals surface area (Å²) in [7, 11) is 3.28. The molecule has 2 heterocycles. The molecule has 31 heavy (non-hydrogen) atoms. The monoisotopic (exact) mass is 449 g/mol. The van der Waals surface area contributed by atoms with E-state index in [1.807, 2.05) is 40.9 Å². The highest BCUT2D eigenvalue weighted by atomic mass is 32.2. The number of ether oxygens (including phenoxy) is 2. The lowest BCUT2D eigenvalue weighted by atomic mass is 9.85. The maximum absolute atomic E-state index is 13.7. The standard InChI is InChI=1S/C23H35N3O4S/c1-18(17-31-4)24-13-10-23(11-14-24)21(27)25(22(28)26(23)12-5-15-29-2)16-19-6-8-20(30-3)9-7-19/h6-9,18H,5,10-17H2,1-4H3/t18-/m1/s1. The molecule has 0 N–H and O–H groups in total. The third-order valence-electron chi connectivity index (χ3n) is 6.51. The third-order valence-corrected chi connectivity index (χ3v) is 7.32. The van der Waals surface area contributed by atoms with Gasteiger partial charge in [0.2, 0.25) is 0 Å². The zero-order chi connectivity index (χ0) is 22.4. The molecule has 2 aliphatic rings. The molecular weight excluding hydrogens is 414 g/mol. The van der Waals surface area contributed by atoms with Crippen LogP contribution in [0, 0.1) is 0 Å². The van der Waals surface area contributed by atoms with Gasteiger partial charge in [-0.1, -0.05) is 12.1 Å². The minimum Gasteiger partial charge on any atom is -0.497 e.